The van der Waals surface area contributed by atoms with E-state index in [9.17, 15) is 23.3 Å². The van der Waals surface area contributed by atoms with E-state index in [0.29, 0.717) is 39.7 Å². The lowest BCUT2D eigenvalue weighted by molar-refractivity contribution is -0.384. The molecule has 0 spiro atoms. The number of anilines is 1. The molecule has 0 aliphatic carbocycles. The third-order valence-electron chi connectivity index (χ3n) is 5.80. The second-order valence-corrected chi connectivity index (χ2v) is 11.8. The molecule has 1 amide bonds. The van der Waals surface area contributed by atoms with Crippen molar-refractivity contribution in [2.24, 2.45) is 5.92 Å². The van der Waals surface area contributed by atoms with Crippen LogP contribution in [0.2, 0.25) is 10.0 Å². The average molecular weight is 617 g/mol. The zero-order chi connectivity index (χ0) is 26.0. The smallest absolute Gasteiger partial charge is 0.269 e. The first kappa shape index (κ1) is 26.6. The van der Waals surface area contributed by atoms with Crippen molar-refractivity contribution in [2.45, 2.75) is 24.3 Å². The highest BCUT2D eigenvalue weighted by Crippen LogP contribution is 2.28. The SMILES string of the molecule is O=C(Nc1nn(Cc2ccc(Cl)c(Cl)c2)cc1Br)C1CCN(S(=O)(=O)c2ccc([N+](=O)[O-])cc2)CC1. The number of hydrogen-bond acceptors (Lipinski definition) is 6. The van der Waals surface area contributed by atoms with Crippen LogP contribution >= 0.6 is 39.1 Å². The Morgan fingerprint density at radius 2 is 1.81 bits per heavy atom. The molecule has 1 aliphatic rings. The highest BCUT2D eigenvalue weighted by atomic mass is 79.9. The zero-order valence-corrected chi connectivity index (χ0v) is 22.5. The van der Waals surface area contributed by atoms with Crippen LogP contribution in [0.5, 0.6) is 0 Å². The number of carbonyl (C=O) groups is 1. The van der Waals surface area contributed by atoms with Crippen molar-refractivity contribution in [2.75, 3.05) is 18.4 Å². The van der Waals surface area contributed by atoms with Crippen molar-refractivity contribution >= 4 is 66.6 Å². The fourth-order valence-electron chi connectivity index (χ4n) is 3.85. The molecule has 0 bridgehead atoms. The summed E-state index contributed by atoms with van der Waals surface area (Å²) in [7, 11) is -3.81. The molecule has 3 aromatic rings. The molecule has 10 nitrogen and oxygen atoms in total. The summed E-state index contributed by atoms with van der Waals surface area (Å²) in [6.07, 6.45) is 2.40. The van der Waals surface area contributed by atoms with Gasteiger partial charge >= 0.3 is 0 Å². The van der Waals surface area contributed by atoms with Crippen LogP contribution in [0.3, 0.4) is 0 Å². The number of piperidine rings is 1. The van der Waals surface area contributed by atoms with Crippen LogP contribution in [0, 0.1) is 16.0 Å². The number of amides is 1. The van der Waals surface area contributed by atoms with Gasteiger partial charge in [-0.05, 0) is 58.6 Å². The van der Waals surface area contributed by atoms with Crippen molar-refractivity contribution in [3.63, 3.8) is 0 Å². The maximum absolute atomic E-state index is 12.9. The van der Waals surface area contributed by atoms with Crippen molar-refractivity contribution < 1.29 is 18.1 Å². The average Bonchev–Trinajstić information content (AvgIpc) is 3.19. The van der Waals surface area contributed by atoms with Gasteiger partial charge in [0.1, 0.15) is 0 Å². The second-order valence-electron chi connectivity index (χ2n) is 8.19. The minimum absolute atomic E-state index is 0.0209. The van der Waals surface area contributed by atoms with Crippen LogP contribution in [0.25, 0.3) is 0 Å². The van der Waals surface area contributed by atoms with E-state index in [1.165, 1.54) is 16.4 Å². The van der Waals surface area contributed by atoms with Gasteiger partial charge in [0.15, 0.2) is 5.82 Å². The van der Waals surface area contributed by atoms with E-state index in [1.807, 2.05) is 6.07 Å². The summed E-state index contributed by atoms with van der Waals surface area (Å²) >= 11 is 15.4. The summed E-state index contributed by atoms with van der Waals surface area (Å²) in [5.74, 6) is -0.274. The predicted octanol–water partition coefficient (Wildman–Crippen LogP) is 4.95. The lowest BCUT2D eigenvalue weighted by Gasteiger charge is -2.30. The molecule has 1 fully saturated rings. The van der Waals surface area contributed by atoms with Gasteiger partial charge in [0.05, 0.1) is 30.9 Å². The second kappa shape index (κ2) is 10.9. The molecule has 2 aromatic carbocycles. The van der Waals surface area contributed by atoms with Crippen molar-refractivity contribution in [3.8, 4) is 0 Å². The van der Waals surface area contributed by atoms with Crippen LogP contribution in [0.15, 0.2) is 58.0 Å². The van der Waals surface area contributed by atoms with Gasteiger partial charge in [0, 0.05) is 37.3 Å². The third-order valence-corrected chi connectivity index (χ3v) is 9.03. The van der Waals surface area contributed by atoms with Crippen LogP contribution in [0.4, 0.5) is 11.5 Å². The van der Waals surface area contributed by atoms with Gasteiger partial charge in [-0.25, -0.2) is 8.42 Å². The number of rotatable bonds is 7. The first-order chi connectivity index (χ1) is 17.0. The van der Waals surface area contributed by atoms with Gasteiger partial charge in [-0.15, -0.1) is 0 Å². The Kier molecular flexibility index (Phi) is 8.00. The van der Waals surface area contributed by atoms with Gasteiger partial charge in [-0.2, -0.15) is 9.40 Å². The molecule has 190 valence electrons. The Balaban J connectivity index is 1.35. The maximum atomic E-state index is 12.9. The normalized spacial score (nSPS) is 15.1. The summed E-state index contributed by atoms with van der Waals surface area (Å²) in [6, 6.07) is 10.0. The third kappa shape index (κ3) is 5.89. The number of benzene rings is 2. The number of non-ortho nitro benzene ring substituents is 1. The Bertz CT molecular complexity index is 1410. The highest BCUT2D eigenvalue weighted by Gasteiger charge is 2.32. The quantitative estimate of drug-likeness (QED) is 0.296. The number of halogens is 3. The van der Waals surface area contributed by atoms with Crippen LogP contribution in [0.1, 0.15) is 18.4 Å². The molecule has 1 saturated heterocycles. The lowest BCUT2D eigenvalue weighted by Crippen LogP contribution is -2.41. The van der Waals surface area contributed by atoms with Crippen molar-refractivity contribution in [1.29, 1.82) is 0 Å². The number of nitrogens with one attached hydrogen (secondary N) is 1. The molecule has 2 heterocycles. The number of sulfonamides is 1. The van der Waals surface area contributed by atoms with Crippen molar-refractivity contribution in [3.05, 3.63) is 78.9 Å². The molecule has 4 rings (SSSR count). The maximum Gasteiger partial charge on any atom is 0.269 e. The largest absolute Gasteiger partial charge is 0.308 e. The molecular formula is C22H20BrCl2N5O5S. The first-order valence-corrected chi connectivity index (χ1v) is 13.8. The van der Waals surface area contributed by atoms with E-state index in [2.05, 4.69) is 26.3 Å². The first-order valence-electron chi connectivity index (χ1n) is 10.8. The Labute approximate surface area is 225 Å². The molecule has 1 aliphatic heterocycles. The zero-order valence-electron chi connectivity index (χ0n) is 18.6. The van der Waals surface area contributed by atoms with Crippen LogP contribution in [-0.2, 0) is 21.4 Å². The van der Waals surface area contributed by atoms with Gasteiger partial charge in [0.2, 0.25) is 15.9 Å². The van der Waals surface area contributed by atoms with E-state index in [4.69, 9.17) is 23.2 Å². The molecule has 0 radical (unpaired) electrons. The van der Waals surface area contributed by atoms with E-state index in [0.717, 1.165) is 17.7 Å². The summed E-state index contributed by atoms with van der Waals surface area (Å²) < 4.78 is 29.3. The molecule has 1 aromatic heterocycles. The number of nitrogens with zero attached hydrogens (tertiary/aromatic N) is 4. The topological polar surface area (TPSA) is 127 Å². The fourth-order valence-corrected chi connectivity index (χ4v) is 6.06. The summed E-state index contributed by atoms with van der Waals surface area (Å²) in [4.78, 5) is 23.1. The number of hydrogen-bond donors (Lipinski definition) is 1. The molecule has 36 heavy (non-hydrogen) atoms. The predicted molar refractivity (Wildman–Crippen MR) is 139 cm³/mol. The monoisotopic (exact) mass is 615 g/mol. The van der Waals surface area contributed by atoms with Crippen LogP contribution in [-0.4, -0.2) is 46.4 Å². The van der Waals surface area contributed by atoms with Gasteiger partial charge in [0.25, 0.3) is 5.69 Å². The summed E-state index contributed by atoms with van der Waals surface area (Å²) in [6.45, 7) is 0.735. The van der Waals surface area contributed by atoms with Crippen LogP contribution < -0.4 is 5.32 Å². The molecular weight excluding hydrogens is 597 g/mol. The van der Waals surface area contributed by atoms with Gasteiger partial charge in [-0.3, -0.25) is 19.6 Å². The van der Waals surface area contributed by atoms with E-state index >= 15 is 0 Å². The van der Waals surface area contributed by atoms with E-state index < -0.39 is 14.9 Å². The summed E-state index contributed by atoms with van der Waals surface area (Å²) in [5, 5.41) is 18.9. The standard InChI is InChI=1S/C22H20BrCl2N5O5S/c23-18-13-28(12-14-1-6-19(24)20(25)11-14)27-21(18)26-22(31)15-7-9-29(10-8-15)36(34,35)17-4-2-16(3-5-17)30(32)33/h1-6,11,13,15H,7-10,12H2,(H,26,27,31). The molecule has 14 heteroatoms. The van der Waals surface area contributed by atoms with Gasteiger partial charge < -0.3 is 5.32 Å². The highest BCUT2D eigenvalue weighted by molar-refractivity contribution is 9.10. The molecule has 0 unspecified atom stereocenters. The molecule has 0 saturated carbocycles. The Hall–Kier alpha value is -2.51. The molecule has 0 atom stereocenters. The van der Waals surface area contributed by atoms with E-state index in [-0.39, 0.29) is 35.5 Å². The van der Waals surface area contributed by atoms with E-state index in [1.54, 1.807) is 23.0 Å². The minimum atomic E-state index is -3.81. The number of aromatic nitrogens is 2. The minimum Gasteiger partial charge on any atom is -0.308 e. The summed E-state index contributed by atoms with van der Waals surface area (Å²) in [5.41, 5.74) is 0.703. The fraction of sp³-hybridized carbons (Fsp3) is 0.273. The molecule has 1 N–H and O–H groups in total. The van der Waals surface area contributed by atoms with Gasteiger partial charge in [-0.1, -0.05) is 29.3 Å². The lowest BCUT2D eigenvalue weighted by atomic mass is 9.97. The Morgan fingerprint density at radius 3 is 2.42 bits per heavy atom. The van der Waals surface area contributed by atoms with Crippen molar-refractivity contribution in [1.82, 2.24) is 14.1 Å². The number of carbonyl (C=O) groups excluding carboxylic acids is 1. The Morgan fingerprint density at radius 1 is 1.14 bits per heavy atom. The number of nitro groups is 1. The number of nitro benzene ring substituents is 1.